The molecule has 0 aliphatic heterocycles. The Hall–Kier alpha value is -0.280. The Morgan fingerprint density at radius 2 is 2.00 bits per heavy atom. The van der Waals surface area contributed by atoms with E-state index in [0.717, 1.165) is 6.42 Å². The molecule has 0 amide bonds. The molecular formula is C10H19ClO3. The van der Waals surface area contributed by atoms with Gasteiger partial charge in [0.2, 0.25) is 0 Å². The molecule has 0 aliphatic rings. The quantitative estimate of drug-likeness (QED) is 0.529. The number of hydrogen-bond acceptors (Lipinski definition) is 3. The Kier molecular flexibility index (Phi) is 5.45. The average molecular weight is 223 g/mol. The number of alkyl halides is 1. The van der Waals surface area contributed by atoms with E-state index in [1.807, 2.05) is 20.8 Å². The second-order valence-electron chi connectivity index (χ2n) is 3.86. The molecule has 3 nitrogen and oxygen atoms in total. The van der Waals surface area contributed by atoms with Gasteiger partial charge in [-0.25, -0.2) is 0 Å². The van der Waals surface area contributed by atoms with Gasteiger partial charge in [0.1, 0.15) is 0 Å². The lowest BCUT2D eigenvalue weighted by Crippen LogP contribution is -2.37. The first kappa shape index (κ1) is 13.7. The van der Waals surface area contributed by atoms with E-state index in [0.29, 0.717) is 0 Å². The van der Waals surface area contributed by atoms with Gasteiger partial charge in [-0.15, -0.1) is 11.6 Å². The fourth-order valence-electron chi connectivity index (χ4n) is 0.951. The topological polar surface area (TPSA) is 35.5 Å². The zero-order chi connectivity index (χ0) is 11.4. The third-order valence-electron chi connectivity index (χ3n) is 2.19. The third kappa shape index (κ3) is 4.29. The first-order valence-electron chi connectivity index (χ1n) is 4.73. The first-order valence-corrected chi connectivity index (χ1v) is 5.17. The number of halogens is 1. The standard InChI is InChI=1S/C10H19ClO3/c1-6-10(3,4)14-7(2)8(11)9(12)13-5/h7-8H,6H2,1-5H3/t7-,8-/m0/s1. The average Bonchev–Trinajstić information content (AvgIpc) is 2.14. The minimum Gasteiger partial charge on any atom is -0.468 e. The molecule has 0 aromatic rings. The van der Waals surface area contributed by atoms with Crippen molar-refractivity contribution in [1.82, 2.24) is 0 Å². The molecule has 0 aromatic carbocycles. The molecule has 0 radical (unpaired) electrons. The van der Waals surface area contributed by atoms with Crippen molar-refractivity contribution in [3.8, 4) is 0 Å². The summed E-state index contributed by atoms with van der Waals surface area (Å²) >= 11 is 5.85. The van der Waals surface area contributed by atoms with Crippen molar-refractivity contribution in [1.29, 1.82) is 0 Å². The second kappa shape index (κ2) is 5.56. The maximum atomic E-state index is 11.1. The molecule has 0 bridgehead atoms. The van der Waals surface area contributed by atoms with E-state index in [4.69, 9.17) is 16.3 Å². The van der Waals surface area contributed by atoms with Gasteiger partial charge >= 0.3 is 5.97 Å². The monoisotopic (exact) mass is 222 g/mol. The third-order valence-corrected chi connectivity index (χ3v) is 2.73. The van der Waals surface area contributed by atoms with Crippen LogP contribution in [0, 0.1) is 0 Å². The summed E-state index contributed by atoms with van der Waals surface area (Å²) in [7, 11) is 1.31. The van der Waals surface area contributed by atoms with E-state index in [1.165, 1.54) is 7.11 Å². The smallest absolute Gasteiger partial charge is 0.326 e. The molecule has 0 saturated carbocycles. The molecule has 0 unspecified atom stereocenters. The maximum absolute atomic E-state index is 11.1. The molecule has 14 heavy (non-hydrogen) atoms. The van der Waals surface area contributed by atoms with Crippen LogP contribution in [-0.4, -0.2) is 30.2 Å². The molecule has 0 aliphatic carbocycles. The van der Waals surface area contributed by atoms with Crippen LogP contribution in [0.2, 0.25) is 0 Å². The van der Waals surface area contributed by atoms with E-state index in [2.05, 4.69) is 4.74 Å². The predicted octanol–water partition coefficient (Wildman–Crippen LogP) is 2.36. The van der Waals surface area contributed by atoms with Gasteiger partial charge in [0, 0.05) is 0 Å². The summed E-state index contributed by atoms with van der Waals surface area (Å²) in [6.07, 6.45) is 0.515. The van der Waals surface area contributed by atoms with Crippen LogP contribution in [-0.2, 0) is 14.3 Å². The van der Waals surface area contributed by atoms with E-state index in [-0.39, 0.29) is 11.7 Å². The van der Waals surface area contributed by atoms with Crippen molar-refractivity contribution < 1.29 is 14.3 Å². The van der Waals surface area contributed by atoms with Gasteiger partial charge in [-0.05, 0) is 27.2 Å². The lowest BCUT2D eigenvalue weighted by Gasteiger charge is -2.29. The lowest BCUT2D eigenvalue weighted by atomic mass is 10.1. The van der Waals surface area contributed by atoms with Crippen molar-refractivity contribution in [2.75, 3.05) is 7.11 Å². The molecule has 0 heterocycles. The van der Waals surface area contributed by atoms with Crippen molar-refractivity contribution in [2.45, 2.75) is 51.2 Å². The van der Waals surface area contributed by atoms with Crippen molar-refractivity contribution in [2.24, 2.45) is 0 Å². The largest absolute Gasteiger partial charge is 0.468 e. The van der Waals surface area contributed by atoms with Crippen LogP contribution in [0.15, 0.2) is 0 Å². The molecule has 0 aromatic heterocycles. The van der Waals surface area contributed by atoms with Crippen molar-refractivity contribution >= 4 is 17.6 Å². The highest BCUT2D eigenvalue weighted by Crippen LogP contribution is 2.20. The normalized spacial score (nSPS) is 16.1. The van der Waals surface area contributed by atoms with Gasteiger partial charge in [0.25, 0.3) is 0 Å². The van der Waals surface area contributed by atoms with Crippen LogP contribution in [0.5, 0.6) is 0 Å². The summed E-state index contributed by atoms with van der Waals surface area (Å²) in [6, 6.07) is 0. The summed E-state index contributed by atoms with van der Waals surface area (Å²) in [5, 5.41) is -0.745. The van der Waals surface area contributed by atoms with Crippen LogP contribution in [0.3, 0.4) is 0 Å². The van der Waals surface area contributed by atoms with E-state index < -0.39 is 11.3 Å². The van der Waals surface area contributed by atoms with E-state index in [1.54, 1.807) is 6.92 Å². The number of ether oxygens (including phenoxy) is 2. The molecule has 0 saturated heterocycles. The zero-order valence-electron chi connectivity index (χ0n) is 9.46. The fourth-order valence-corrected chi connectivity index (χ4v) is 1.09. The Bertz CT molecular complexity index is 192. The van der Waals surface area contributed by atoms with Crippen LogP contribution in [0.4, 0.5) is 0 Å². The molecule has 0 spiro atoms. The first-order chi connectivity index (χ1) is 6.34. The molecular weight excluding hydrogens is 204 g/mol. The fraction of sp³-hybridized carbons (Fsp3) is 0.900. The van der Waals surface area contributed by atoms with Crippen LogP contribution < -0.4 is 0 Å². The van der Waals surface area contributed by atoms with Crippen LogP contribution in [0.1, 0.15) is 34.1 Å². The molecule has 0 rings (SSSR count). The number of methoxy groups -OCH3 is 1. The number of hydrogen-bond donors (Lipinski definition) is 0. The van der Waals surface area contributed by atoms with Crippen LogP contribution >= 0.6 is 11.6 Å². The highest BCUT2D eigenvalue weighted by Gasteiger charge is 2.29. The molecule has 0 fully saturated rings. The Morgan fingerprint density at radius 3 is 2.36 bits per heavy atom. The Labute approximate surface area is 90.7 Å². The zero-order valence-corrected chi connectivity index (χ0v) is 10.2. The lowest BCUT2D eigenvalue weighted by molar-refractivity contribution is -0.146. The minimum absolute atomic E-state index is 0.263. The maximum Gasteiger partial charge on any atom is 0.326 e. The Morgan fingerprint density at radius 1 is 1.50 bits per heavy atom. The highest BCUT2D eigenvalue weighted by atomic mass is 35.5. The van der Waals surface area contributed by atoms with Crippen molar-refractivity contribution in [3.05, 3.63) is 0 Å². The molecule has 0 N–H and O–H groups in total. The van der Waals surface area contributed by atoms with Gasteiger partial charge in [-0.3, -0.25) is 4.79 Å². The number of esters is 1. The summed E-state index contributed by atoms with van der Waals surface area (Å²) in [5.41, 5.74) is -0.263. The van der Waals surface area contributed by atoms with Crippen LogP contribution in [0.25, 0.3) is 0 Å². The van der Waals surface area contributed by atoms with E-state index in [9.17, 15) is 4.79 Å². The minimum atomic E-state index is -0.745. The number of carbonyl (C=O) groups is 1. The van der Waals surface area contributed by atoms with Gasteiger partial charge < -0.3 is 9.47 Å². The second-order valence-corrected chi connectivity index (χ2v) is 4.33. The van der Waals surface area contributed by atoms with E-state index >= 15 is 0 Å². The summed E-state index contributed by atoms with van der Waals surface area (Å²) in [6.45, 7) is 7.72. The van der Waals surface area contributed by atoms with Gasteiger partial charge in [-0.2, -0.15) is 0 Å². The Balaban J connectivity index is 4.20. The molecule has 2 atom stereocenters. The number of rotatable bonds is 5. The van der Waals surface area contributed by atoms with Gasteiger partial charge in [0.15, 0.2) is 5.38 Å². The predicted molar refractivity (Wildman–Crippen MR) is 56.6 cm³/mol. The summed E-state index contributed by atoms with van der Waals surface area (Å²) in [5.74, 6) is -0.453. The number of carbonyl (C=O) groups excluding carboxylic acids is 1. The van der Waals surface area contributed by atoms with Crippen molar-refractivity contribution in [3.63, 3.8) is 0 Å². The SMILES string of the molecule is CCC(C)(C)O[C@@H](C)[C@H](Cl)C(=O)OC. The molecule has 4 heteroatoms. The summed E-state index contributed by atoms with van der Waals surface area (Å²) < 4.78 is 10.2. The van der Waals surface area contributed by atoms with Gasteiger partial charge in [-0.1, -0.05) is 6.92 Å². The highest BCUT2D eigenvalue weighted by molar-refractivity contribution is 6.30. The molecule has 84 valence electrons. The van der Waals surface area contributed by atoms with Gasteiger partial charge in [0.05, 0.1) is 18.8 Å². The summed E-state index contributed by atoms with van der Waals surface area (Å²) in [4.78, 5) is 11.1.